The molecule has 0 saturated heterocycles. The topological polar surface area (TPSA) is 8.17 Å². The zero-order chi connectivity index (χ0) is 39.0. The number of aromatic nitrogens is 1. The fraction of sp³-hybridized carbons (Fsp3) is 0.0526. The van der Waals surface area contributed by atoms with E-state index >= 15 is 0 Å². The van der Waals surface area contributed by atoms with Crippen LogP contribution in [0.2, 0.25) is 0 Å². The molecule has 11 aromatic rings. The van der Waals surface area contributed by atoms with E-state index in [1.807, 2.05) is 0 Å². The maximum Gasteiger partial charge on any atom is 0.0568 e. The standard InChI is InChI=1S/C57H38N2/c1-57(2)47-22-10-9-18-42(47)43-31-30-41(33-48(43)57)58(40-28-25-36(26-29-40)35-13-5-3-6-14-35)50-34-51-56-54-45(20-12-21-46(50)54)44-19-11-15-37-23-24-38-27-32-49(55(56)53(38)52(37)44)59(51)39-16-7-4-8-17-39/h3-34H,1-2H3. The first kappa shape index (κ1) is 32.6. The number of hydrogen-bond acceptors (Lipinski definition) is 1. The van der Waals surface area contributed by atoms with Gasteiger partial charge in [0.15, 0.2) is 0 Å². The molecular weight excluding hydrogens is 713 g/mol. The van der Waals surface area contributed by atoms with E-state index in [4.69, 9.17) is 0 Å². The van der Waals surface area contributed by atoms with Crippen molar-refractivity contribution in [2.24, 2.45) is 0 Å². The summed E-state index contributed by atoms with van der Waals surface area (Å²) in [6, 6.07) is 72.5. The van der Waals surface area contributed by atoms with Crippen molar-refractivity contribution in [2.75, 3.05) is 4.90 Å². The third kappa shape index (κ3) is 4.41. The van der Waals surface area contributed by atoms with Gasteiger partial charge >= 0.3 is 0 Å². The lowest BCUT2D eigenvalue weighted by atomic mass is 9.82. The highest BCUT2D eigenvalue weighted by molar-refractivity contribution is 6.39. The van der Waals surface area contributed by atoms with E-state index in [1.165, 1.54) is 98.6 Å². The van der Waals surface area contributed by atoms with Crippen LogP contribution in [-0.4, -0.2) is 4.57 Å². The van der Waals surface area contributed by atoms with E-state index in [0.29, 0.717) is 0 Å². The largest absolute Gasteiger partial charge is 0.310 e. The van der Waals surface area contributed by atoms with Crippen molar-refractivity contribution in [3.63, 3.8) is 0 Å². The van der Waals surface area contributed by atoms with Crippen LogP contribution in [0.5, 0.6) is 0 Å². The molecule has 0 bridgehead atoms. The summed E-state index contributed by atoms with van der Waals surface area (Å²) in [4.78, 5) is 2.52. The van der Waals surface area contributed by atoms with Crippen LogP contribution in [0.15, 0.2) is 194 Å². The summed E-state index contributed by atoms with van der Waals surface area (Å²) in [6.45, 7) is 4.75. The predicted octanol–water partition coefficient (Wildman–Crippen LogP) is 15.7. The summed E-state index contributed by atoms with van der Waals surface area (Å²) >= 11 is 0. The zero-order valence-corrected chi connectivity index (χ0v) is 32.9. The maximum atomic E-state index is 2.52. The fourth-order valence-electron chi connectivity index (χ4n) is 10.8. The van der Waals surface area contributed by atoms with E-state index in [0.717, 1.165) is 22.7 Å². The second kappa shape index (κ2) is 11.8. The van der Waals surface area contributed by atoms with Gasteiger partial charge in [0.1, 0.15) is 0 Å². The normalized spacial score (nSPS) is 13.4. The van der Waals surface area contributed by atoms with E-state index < -0.39 is 0 Å². The van der Waals surface area contributed by atoms with Gasteiger partial charge in [0, 0.05) is 49.4 Å². The molecule has 0 unspecified atom stereocenters. The van der Waals surface area contributed by atoms with Crippen molar-refractivity contribution in [1.29, 1.82) is 0 Å². The summed E-state index contributed by atoms with van der Waals surface area (Å²) in [5, 5.41) is 10.4. The number of benzene rings is 10. The van der Waals surface area contributed by atoms with Crippen molar-refractivity contribution in [3.8, 4) is 39.1 Å². The van der Waals surface area contributed by atoms with Gasteiger partial charge in [-0.1, -0.05) is 159 Å². The van der Waals surface area contributed by atoms with Gasteiger partial charge in [0.2, 0.25) is 0 Å². The predicted molar refractivity (Wildman–Crippen MR) is 250 cm³/mol. The van der Waals surface area contributed by atoms with Crippen LogP contribution in [0.1, 0.15) is 25.0 Å². The molecule has 13 rings (SSSR count). The van der Waals surface area contributed by atoms with Gasteiger partial charge in [-0.05, 0) is 109 Å². The number of rotatable bonds is 5. The molecule has 2 nitrogen and oxygen atoms in total. The third-order valence-corrected chi connectivity index (χ3v) is 13.5. The second-order valence-corrected chi connectivity index (χ2v) is 16.9. The Hall–Kier alpha value is -7.42. The number of hydrogen-bond donors (Lipinski definition) is 0. The van der Waals surface area contributed by atoms with Crippen LogP contribution in [0.3, 0.4) is 0 Å². The SMILES string of the molecule is CC1(C)c2ccccc2-c2ccc(N(c3ccc(-c4ccccc4)cc3)c3cc4c5c6c(cccc36)-c3cccc6ccc7ccc(c5c7c36)n4-c3ccccc3)cc21. The Morgan fingerprint density at radius 2 is 1.00 bits per heavy atom. The second-order valence-electron chi connectivity index (χ2n) is 16.9. The molecule has 0 atom stereocenters. The van der Waals surface area contributed by atoms with Crippen LogP contribution in [0.4, 0.5) is 17.1 Å². The molecule has 2 aliphatic carbocycles. The summed E-state index contributed by atoms with van der Waals surface area (Å²) in [5.74, 6) is 0. The number of fused-ring (bicyclic) bond motifs is 4. The van der Waals surface area contributed by atoms with Gasteiger partial charge in [0.25, 0.3) is 0 Å². The molecule has 0 radical (unpaired) electrons. The van der Waals surface area contributed by atoms with Crippen molar-refractivity contribution < 1.29 is 0 Å². The quantitative estimate of drug-likeness (QED) is 0.159. The average Bonchev–Trinajstić information content (AvgIpc) is 3.69. The number of nitrogens with zero attached hydrogens (tertiary/aromatic N) is 2. The van der Waals surface area contributed by atoms with Crippen LogP contribution in [0.25, 0.3) is 93.2 Å². The minimum Gasteiger partial charge on any atom is -0.310 e. The molecule has 0 fully saturated rings. The minimum absolute atomic E-state index is 0.141. The molecule has 0 N–H and O–H groups in total. The highest BCUT2D eigenvalue weighted by atomic mass is 15.1. The first-order chi connectivity index (χ1) is 29.0. The molecule has 59 heavy (non-hydrogen) atoms. The Labute approximate surface area is 342 Å². The molecule has 1 heterocycles. The molecule has 2 heteroatoms. The van der Waals surface area contributed by atoms with Gasteiger partial charge in [0.05, 0.1) is 16.7 Å². The van der Waals surface area contributed by atoms with Crippen LogP contribution >= 0.6 is 0 Å². The summed E-state index contributed by atoms with van der Waals surface area (Å²) < 4.78 is 2.51. The number of para-hydroxylation sites is 1. The molecule has 276 valence electrons. The maximum absolute atomic E-state index is 2.52. The van der Waals surface area contributed by atoms with E-state index in [1.54, 1.807) is 0 Å². The smallest absolute Gasteiger partial charge is 0.0568 e. The fourth-order valence-corrected chi connectivity index (χ4v) is 10.8. The lowest BCUT2D eigenvalue weighted by Crippen LogP contribution is -2.16. The Kier molecular flexibility index (Phi) is 6.54. The Morgan fingerprint density at radius 1 is 0.390 bits per heavy atom. The van der Waals surface area contributed by atoms with Crippen LogP contribution in [0, 0.1) is 0 Å². The molecule has 0 spiro atoms. The lowest BCUT2D eigenvalue weighted by molar-refractivity contribution is 0.660. The van der Waals surface area contributed by atoms with Crippen LogP contribution < -0.4 is 4.90 Å². The molecular formula is C57H38N2. The Morgan fingerprint density at radius 3 is 1.81 bits per heavy atom. The average molecular weight is 751 g/mol. The molecule has 1 aromatic heterocycles. The zero-order valence-electron chi connectivity index (χ0n) is 32.9. The summed E-state index contributed by atoms with van der Waals surface area (Å²) in [5.41, 5.74) is 17.3. The van der Waals surface area contributed by atoms with Gasteiger partial charge < -0.3 is 9.47 Å². The minimum atomic E-state index is -0.141. The molecule has 0 saturated carbocycles. The van der Waals surface area contributed by atoms with Crippen molar-refractivity contribution in [3.05, 3.63) is 205 Å². The Bertz CT molecular complexity index is 3560. The monoisotopic (exact) mass is 750 g/mol. The van der Waals surface area contributed by atoms with Crippen molar-refractivity contribution in [1.82, 2.24) is 4.57 Å². The Balaban J connectivity index is 1.17. The van der Waals surface area contributed by atoms with E-state index in [9.17, 15) is 0 Å². The van der Waals surface area contributed by atoms with E-state index in [2.05, 4.69) is 217 Å². The van der Waals surface area contributed by atoms with Gasteiger partial charge in [-0.15, -0.1) is 0 Å². The van der Waals surface area contributed by atoms with Gasteiger partial charge in [-0.2, -0.15) is 0 Å². The first-order valence-corrected chi connectivity index (χ1v) is 20.7. The van der Waals surface area contributed by atoms with Gasteiger partial charge in [-0.25, -0.2) is 0 Å². The molecule has 0 amide bonds. The van der Waals surface area contributed by atoms with Crippen molar-refractivity contribution in [2.45, 2.75) is 19.3 Å². The summed E-state index contributed by atoms with van der Waals surface area (Å²) in [6.07, 6.45) is 0. The third-order valence-electron chi connectivity index (χ3n) is 13.5. The van der Waals surface area contributed by atoms with Crippen molar-refractivity contribution >= 4 is 71.2 Å². The molecule has 2 aliphatic rings. The lowest BCUT2D eigenvalue weighted by Gasteiger charge is -2.30. The number of anilines is 3. The molecule has 10 aromatic carbocycles. The highest BCUT2D eigenvalue weighted by Gasteiger charge is 2.36. The van der Waals surface area contributed by atoms with Crippen LogP contribution in [-0.2, 0) is 5.41 Å². The molecule has 0 aliphatic heterocycles. The summed E-state index contributed by atoms with van der Waals surface area (Å²) in [7, 11) is 0. The first-order valence-electron chi connectivity index (χ1n) is 20.7. The van der Waals surface area contributed by atoms with E-state index in [-0.39, 0.29) is 5.41 Å². The highest BCUT2D eigenvalue weighted by Crippen LogP contribution is 2.55. The van der Waals surface area contributed by atoms with Gasteiger partial charge in [-0.3, -0.25) is 0 Å².